The monoisotopic (exact) mass is 448 g/mol. The summed E-state index contributed by atoms with van der Waals surface area (Å²) in [6, 6.07) is 0. The maximum atomic E-state index is 9.22. The molecule has 1 fully saturated rings. The van der Waals surface area contributed by atoms with Crippen LogP contribution in [0.4, 0.5) is 0 Å². The minimum Gasteiger partial charge on any atom is -0.393 e. The van der Waals surface area contributed by atoms with Crippen LogP contribution in [-0.4, -0.2) is 90.4 Å². The average Bonchev–Trinajstić information content (AvgIpc) is 2.54. The molecule has 1 heterocycles. The maximum absolute atomic E-state index is 9.22. The minimum atomic E-state index is -0.170. The molecular weight excluding hydrogens is 417 g/mol. The van der Waals surface area contributed by atoms with Gasteiger partial charge < -0.3 is 10.2 Å². The number of thioether (sulfide) groups is 6. The van der Waals surface area contributed by atoms with Crippen LogP contribution in [0.2, 0.25) is 0 Å². The first kappa shape index (κ1) is 24.1. The summed E-state index contributed by atoms with van der Waals surface area (Å²) in [6.07, 6.45) is -0.339. The van der Waals surface area contributed by atoms with Crippen LogP contribution >= 0.6 is 70.6 Å². The number of hydrogen-bond donors (Lipinski definition) is 2. The van der Waals surface area contributed by atoms with E-state index in [1.165, 1.54) is 34.5 Å². The van der Waals surface area contributed by atoms with Crippen molar-refractivity contribution < 1.29 is 10.2 Å². The van der Waals surface area contributed by atoms with Crippen molar-refractivity contribution in [3.8, 4) is 0 Å². The molecular formula is C16H32O2S6. The van der Waals surface area contributed by atoms with Gasteiger partial charge in [-0.05, 0) is 13.8 Å². The predicted octanol–water partition coefficient (Wildman–Crippen LogP) is 3.90. The Bertz CT molecular complexity index is 258. The summed E-state index contributed by atoms with van der Waals surface area (Å²) in [5.74, 6) is 11.6. The topological polar surface area (TPSA) is 40.5 Å². The molecule has 1 aliphatic rings. The van der Waals surface area contributed by atoms with Crippen molar-refractivity contribution in [3.63, 3.8) is 0 Å². The van der Waals surface area contributed by atoms with Crippen molar-refractivity contribution in [3.05, 3.63) is 0 Å². The fourth-order valence-electron chi connectivity index (χ4n) is 1.95. The summed E-state index contributed by atoms with van der Waals surface area (Å²) in [5, 5.41) is 20.1. The molecule has 4 atom stereocenters. The van der Waals surface area contributed by atoms with Gasteiger partial charge in [0.25, 0.3) is 0 Å². The van der Waals surface area contributed by atoms with E-state index in [0.717, 1.165) is 33.5 Å². The van der Waals surface area contributed by atoms with E-state index in [2.05, 4.69) is 47.0 Å². The lowest BCUT2D eigenvalue weighted by atomic mass is 10.5. The highest BCUT2D eigenvalue weighted by atomic mass is 32.2. The van der Waals surface area contributed by atoms with Gasteiger partial charge >= 0.3 is 0 Å². The van der Waals surface area contributed by atoms with Gasteiger partial charge in [-0.15, -0.1) is 0 Å². The van der Waals surface area contributed by atoms with Crippen molar-refractivity contribution in [2.75, 3.05) is 57.5 Å². The summed E-state index contributed by atoms with van der Waals surface area (Å²) < 4.78 is 0. The van der Waals surface area contributed by atoms with E-state index in [1.807, 2.05) is 37.4 Å². The molecule has 0 amide bonds. The third-order valence-corrected chi connectivity index (χ3v) is 11.9. The second kappa shape index (κ2) is 16.0. The number of rotatable bonds is 14. The van der Waals surface area contributed by atoms with Crippen LogP contribution in [-0.2, 0) is 0 Å². The molecule has 24 heavy (non-hydrogen) atoms. The van der Waals surface area contributed by atoms with Gasteiger partial charge in [0, 0.05) is 68.0 Å². The van der Waals surface area contributed by atoms with Crippen molar-refractivity contribution in [2.45, 2.75) is 36.6 Å². The second-order valence-corrected chi connectivity index (χ2v) is 13.2. The fraction of sp³-hybridized carbons (Fsp3) is 1.00. The molecule has 0 aromatic carbocycles. The van der Waals surface area contributed by atoms with E-state index < -0.39 is 0 Å². The molecule has 2 N–H and O–H groups in total. The summed E-state index contributed by atoms with van der Waals surface area (Å²) in [4.78, 5) is 0. The molecule has 2 nitrogen and oxygen atoms in total. The first-order chi connectivity index (χ1) is 11.6. The molecule has 1 saturated heterocycles. The second-order valence-electron chi connectivity index (χ2n) is 5.91. The van der Waals surface area contributed by atoms with Crippen LogP contribution in [0.25, 0.3) is 0 Å². The van der Waals surface area contributed by atoms with E-state index in [1.54, 1.807) is 0 Å². The predicted molar refractivity (Wildman–Crippen MR) is 125 cm³/mol. The molecule has 1 aliphatic heterocycles. The Balaban J connectivity index is 1.89. The van der Waals surface area contributed by atoms with Crippen LogP contribution in [0.1, 0.15) is 13.8 Å². The Morgan fingerprint density at radius 1 is 0.750 bits per heavy atom. The molecule has 0 bridgehead atoms. The lowest BCUT2D eigenvalue weighted by molar-refractivity contribution is 0.220. The third kappa shape index (κ3) is 14.1. The summed E-state index contributed by atoms with van der Waals surface area (Å²) >= 11 is 12.2. The van der Waals surface area contributed by atoms with Crippen LogP contribution < -0.4 is 0 Å². The molecule has 0 aromatic heterocycles. The quantitative estimate of drug-likeness (QED) is 0.388. The Labute approximate surface area is 174 Å². The van der Waals surface area contributed by atoms with Gasteiger partial charge in [0.05, 0.1) is 12.2 Å². The van der Waals surface area contributed by atoms with Gasteiger partial charge in [-0.25, -0.2) is 0 Å². The molecule has 4 unspecified atom stereocenters. The Morgan fingerprint density at radius 2 is 1.12 bits per heavy atom. The van der Waals surface area contributed by atoms with Gasteiger partial charge in [0.15, 0.2) is 0 Å². The van der Waals surface area contributed by atoms with Crippen molar-refractivity contribution in [1.82, 2.24) is 0 Å². The van der Waals surface area contributed by atoms with E-state index in [0.29, 0.717) is 0 Å². The van der Waals surface area contributed by atoms with Gasteiger partial charge in [0.2, 0.25) is 0 Å². The summed E-state index contributed by atoms with van der Waals surface area (Å²) in [7, 11) is 0. The smallest absolute Gasteiger partial charge is 0.0602 e. The van der Waals surface area contributed by atoms with Crippen LogP contribution in [0, 0.1) is 0 Å². The third-order valence-electron chi connectivity index (χ3n) is 3.11. The van der Waals surface area contributed by atoms with Gasteiger partial charge in [-0.2, -0.15) is 70.6 Å². The SMILES string of the molecule is CC(O)CSCCSCC1CSC(CSCCSCC(C)O)CS1. The Morgan fingerprint density at radius 3 is 1.46 bits per heavy atom. The van der Waals surface area contributed by atoms with E-state index in [4.69, 9.17) is 0 Å². The molecule has 0 saturated carbocycles. The summed E-state index contributed by atoms with van der Waals surface area (Å²) in [6.45, 7) is 3.72. The number of aliphatic hydroxyl groups is 2. The van der Waals surface area contributed by atoms with E-state index in [9.17, 15) is 10.2 Å². The number of hydrogen-bond acceptors (Lipinski definition) is 8. The van der Waals surface area contributed by atoms with Crippen molar-refractivity contribution in [1.29, 1.82) is 0 Å². The average molecular weight is 449 g/mol. The van der Waals surface area contributed by atoms with E-state index >= 15 is 0 Å². The van der Waals surface area contributed by atoms with Crippen molar-refractivity contribution >= 4 is 70.6 Å². The first-order valence-electron chi connectivity index (χ1n) is 8.48. The molecule has 144 valence electrons. The fourth-order valence-corrected chi connectivity index (χ4v) is 10.0. The standard InChI is InChI=1S/C16H32O2S6/c1-13(17)7-19-3-5-21-9-15-11-24-16(12-23-15)10-22-6-4-20-8-14(2)18/h13-18H,3-12H2,1-2H3. The highest BCUT2D eigenvalue weighted by Gasteiger charge is 2.21. The summed E-state index contributed by atoms with van der Waals surface area (Å²) in [5.41, 5.74) is 0. The minimum absolute atomic E-state index is 0.170. The van der Waals surface area contributed by atoms with Crippen molar-refractivity contribution in [2.24, 2.45) is 0 Å². The van der Waals surface area contributed by atoms with Crippen LogP contribution in [0.15, 0.2) is 0 Å². The highest BCUT2D eigenvalue weighted by molar-refractivity contribution is 8.09. The maximum Gasteiger partial charge on any atom is 0.0602 e. The molecule has 8 heteroatoms. The molecule has 0 spiro atoms. The van der Waals surface area contributed by atoms with E-state index in [-0.39, 0.29) is 12.2 Å². The molecule has 0 aromatic rings. The van der Waals surface area contributed by atoms with Crippen LogP contribution in [0.5, 0.6) is 0 Å². The van der Waals surface area contributed by atoms with Gasteiger partial charge in [-0.3, -0.25) is 0 Å². The first-order valence-corrected chi connectivity index (χ1v) is 15.2. The lowest BCUT2D eigenvalue weighted by Gasteiger charge is -2.27. The number of aliphatic hydroxyl groups excluding tert-OH is 2. The van der Waals surface area contributed by atoms with Gasteiger partial charge in [0.1, 0.15) is 0 Å². The zero-order valence-corrected chi connectivity index (χ0v) is 19.6. The molecule has 0 aliphatic carbocycles. The largest absolute Gasteiger partial charge is 0.393 e. The normalized spacial score (nSPS) is 24.0. The lowest BCUT2D eigenvalue weighted by Crippen LogP contribution is -2.25. The Hall–Kier alpha value is 2.02. The molecule has 0 radical (unpaired) electrons. The zero-order valence-electron chi connectivity index (χ0n) is 14.7. The Kier molecular flexibility index (Phi) is 16.1. The van der Waals surface area contributed by atoms with Gasteiger partial charge in [-0.1, -0.05) is 0 Å². The molecule has 1 rings (SSSR count). The highest BCUT2D eigenvalue weighted by Crippen LogP contribution is 2.33. The van der Waals surface area contributed by atoms with Crippen LogP contribution in [0.3, 0.4) is 0 Å². The zero-order chi connectivity index (χ0) is 17.6.